The van der Waals surface area contributed by atoms with Gasteiger partial charge in [-0.2, -0.15) is 0 Å². The van der Waals surface area contributed by atoms with Crippen molar-refractivity contribution in [1.82, 2.24) is 5.32 Å². The minimum atomic E-state index is -0.437. The van der Waals surface area contributed by atoms with Gasteiger partial charge in [0, 0.05) is 12.1 Å². The standard InChI is InChI=1S/C12H16BNO/c1-3-5-11(15)14-10-6-4-8-12(2,13)9-7-10/h4,6-9H,3,5H2,1-2H3,(H,14,15). The molecule has 2 radical (unpaired) electrons. The second-order valence-corrected chi connectivity index (χ2v) is 3.98. The summed E-state index contributed by atoms with van der Waals surface area (Å²) >= 11 is 0. The van der Waals surface area contributed by atoms with Crippen molar-refractivity contribution in [2.45, 2.75) is 32.0 Å². The van der Waals surface area contributed by atoms with Crippen molar-refractivity contribution in [2.75, 3.05) is 0 Å². The molecule has 78 valence electrons. The summed E-state index contributed by atoms with van der Waals surface area (Å²) in [7, 11) is 5.91. The highest BCUT2D eigenvalue weighted by Crippen LogP contribution is 2.26. The highest BCUT2D eigenvalue weighted by molar-refractivity contribution is 6.18. The quantitative estimate of drug-likeness (QED) is 0.697. The molecule has 0 aromatic heterocycles. The van der Waals surface area contributed by atoms with E-state index in [0.29, 0.717) is 6.42 Å². The van der Waals surface area contributed by atoms with Gasteiger partial charge in [0.2, 0.25) is 5.91 Å². The van der Waals surface area contributed by atoms with E-state index < -0.39 is 5.31 Å². The molecular weight excluding hydrogens is 185 g/mol. The first-order chi connectivity index (χ1) is 7.03. The SMILES string of the molecule is [B]C1(C)C=CC=C(NC(=O)CCC)C=C1. The molecule has 3 heteroatoms. The van der Waals surface area contributed by atoms with Gasteiger partial charge in [-0.05, 0) is 23.9 Å². The smallest absolute Gasteiger partial charge is 0.224 e. The zero-order valence-corrected chi connectivity index (χ0v) is 9.29. The molecule has 0 fully saturated rings. The summed E-state index contributed by atoms with van der Waals surface area (Å²) in [6.07, 6.45) is 10.7. The van der Waals surface area contributed by atoms with Gasteiger partial charge in [-0.3, -0.25) is 4.79 Å². The van der Waals surface area contributed by atoms with E-state index in [9.17, 15) is 4.79 Å². The molecule has 1 amide bonds. The number of amides is 1. The Balaban J connectivity index is 2.62. The van der Waals surface area contributed by atoms with Gasteiger partial charge in [-0.25, -0.2) is 0 Å². The molecule has 0 saturated carbocycles. The lowest BCUT2D eigenvalue weighted by atomic mass is 9.70. The van der Waals surface area contributed by atoms with E-state index in [1.165, 1.54) is 0 Å². The molecule has 1 unspecified atom stereocenters. The Hall–Kier alpha value is -1.25. The Bertz CT molecular complexity index is 327. The molecule has 0 aromatic rings. The molecule has 1 aliphatic carbocycles. The summed E-state index contributed by atoms with van der Waals surface area (Å²) in [6.45, 7) is 3.89. The molecule has 0 spiro atoms. The molecule has 1 atom stereocenters. The zero-order chi connectivity index (χ0) is 11.3. The lowest BCUT2D eigenvalue weighted by Gasteiger charge is -2.13. The first kappa shape index (κ1) is 11.8. The fourth-order valence-electron chi connectivity index (χ4n) is 1.27. The Morgan fingerprint density at radius 2 is 2.27 bits per heavy atom. The Morgan fingerprint density at radius 3 is 2.93 bits per heavy atom. The lowest BCUT2D eigenvalue weighted by Crippen LogP contribution is -2.21. The number of nitrogens with one attached hydrogen (secondary N) is 1. The van der Waals surface area contributed by atoms with Crippen molar-refractivity contribution in [3.8, 4) is 0 Å². The Labute approximate surface area is 92.5 Å². The summed E-state index contributed by atoms with van der Waals surface area (Å²) < 4.78 is 0. The van der Waals surface area contributed by atoms with Gasteiger partial charge in [0.25, 0.3) is 0 Å². The van der Waals surface area contributed by atoms with Crippen LogP contribution in [0, 0.1) is 0 Å². The van der Waals surface area contributed by atoms with Crippen LogP contribution in [0.2, 0.25) is 5.31 Å². The van der Waals surface area contributed by atoms with Crippen LogP contribution < -0.4 is 5.32 Å². The van der Waals surface area contributed by atoms with Crippen molar-refractivity contribution < 1.29 is 4.79 Å². The lowest BCUT2D eigenvalue weighted by molar-refractivity contribution is -0.120. The van der Waals surface area contributed by atoms with Crippen LogP contribution in [-0.2, 0) is 4.79 Å². The number of hydrogen-bond acceptors (Lipinski definition) is 1. The molecular formula is C12H16BNO. The average Bonchev–Trinajstić information content (AvgIpc) is 2.28. The highest BCUT2D eigenvalue weighted by Gasteiger charge is 2.10. The zero-order valence-electron chi connectivity index (χ0n) is 9.29. The molecule has 2 nitrogen and oxygen atoms in total. The van der Waals surface area contributed by atoms with Gasteiger partial charge in [0.1, 0.15) is 0 Å². The van der Waals surface area contributed by atoms with E-state index in [4.69, 9.17) is 7.85 Å². The van der Waals surface area contributed by atoms with E-state index in [2.05, 4.69) is 5.32 Å². The summed E-state index contributed by atoms with van der Waals surface area (Å²) in [5.74, 6) is 0.0439. The molecule has 1 N–H and O–H groups in total. The predicted molar refractivity (Wildman–Crippen MR) is 63.5 cm³/mol. The molecule has 0 heterocycles. The molecule has 0 aliphatic heterocycles. The van der Waals surface area contributed by atoms with Gasteiger partial charge < -0.3 is 5.32 Å². The van der Waals surface area contributed by atoms with E-state index in [0.717, 1.165) is 12.1 Å². The minimum Gasteiger partial charge on any atom is -0.326 e. The van der Waals surface area contributed by atoms with Crippen LogP contribution in [0.3, 0.4) is 0 Å². The molecule has 0 aromatic carbocycles. The van der Waals surface area contributed by atoms with Crippen molar-refractivity contribution in [1.29, 1.82) is 0 Å². The second-order valence-electron chi connectivity index (χ2n) is 3.98. The largest absolute Gasteiger partial charge is 0.326 e. The fourth-order valence-corrected chi connectivity index (χ4v) is 1.27. The molecule has 1 aliphatic rings. The van der Waals surface area contributed by atoms with Crippen LogP contribution in [0.25, 0.3) is 0 Å². The van der Waals surface area contributed by atoms with Crippen molar-refractivity contribution in [3.05, 3.63) is 36.1 Å². The monoisotopic (exact) mass is 201 g/mol. The van der Waals surface area contributed by atoms with E-state index in [1.54, 1.807) is 0 Å². The molecule has 1 rings (SSSR count). The molecule has 0 bridgehead atoms. The van der Waals surface area contributed by atoms with Gasteiger partial charge >= 0.3 is 0 Å². The Kier molecular flexibility index (Phi) is 3.95. The summed E-state index contributed by atoms with van der Waals surface area (Å²) in [5.41, 5.74) is 0.791. The van der Waals surface area contributed by atoms with Crippen LogP contribution in [0.1, 0.15) is 26.7 Å². The maximum atomic E-state index is 11.3. The number of carbonyl (C=O) groups is 1. The second kappa shape index (κ2) is 5.01. The third kappa shape index (κ3) is 4.19. The molecule has 0 saturated heterocycles. The first-order valence-corrected chi connectivity index (χ1v) is 5.21. The number of allylic oxidation sites excluding steroid dienone is 5. The number of hydrogen-bond donors (Lipinski definition) is 1. The van der Waals surface area contributed by atoms with Gasteiger partial charge in [0.05, 0.1) is 7.85 Å². The topological polar surface area (TPSA) is 29.1 Å². The molecule has 15 heavy (non-hydrogen) atoms. The number of rotatable bonds is 3. The van der Waals surface area contributed by atoms with Crippen molar-refractivity contribution in [3.63, 3.8) is 0 Å². The summed E-state index contributed by atoms with van der Waals surface area (Å²) in [6, 6.07) is 0. The summed E-state index contributed by atoms with van der Waals surface area (Å²) in [4.78, 5) is 11.3. The third-order valence-electron chi connectivity index (χ3n) is 2.11. The maximum absolute atomic E-state index is 11.3. The van der Waals surface area contributed by atoms with Crippen LogP contribution in [-0.4, -0.2) is 13.8 Å². The highest BCUT2D eigenvalue weighted by atomic mass is 16.1. The average molecular weight is 201 g/mol. The van der Waals surface area contributed by atoms with Crippen LogP contribution in [0.5, 0.6) is 0 Å². The first-order valence-electron chi connectivity index (χ1n) is 5.21. The maximum Gasteiger partial charge on any atom is 0.224 e. The van der Waals surface area contributed by atoms with Crippen LogP contribution >= 0.6 is 0 Å². The predicted octanol–water partition coefficient (Wildman–Crippen LogP) is 2.26. The summed E-state index contributed by atoms with van der Waals surface area (Å²) in [5, 5.41) is 2.39. The van der Waals surface area contributed by atoms with Crippen molar-refractivity contribution >= 4 is 13.8 Å². The number of carbonyl (C=O) groups excluding carboxylic acids is 1. The fraction of sp³-hybridized carbons (Fsp3) is 0.417. The normalized spacial score (nSPS) is 24.5. The minimum absolute atomic E-state index is 0.0439. The van der Waals surface area contributed by atoms with E-state index in [1.807, 2.05) is 44.2 Å². The van der Waals surface area contributed by atoms with Gasteiger partial charge in [0.15, 0.2) is 0 Å². The Morgan fingerprint density at radius 1 is 1.53 bits per heavy atom. The van der Waals surface area contributed by atoms with Crippen molar-refractivity contribution in [2.24, 2.45) is 0 Å². The van der Waals surface area contributed by atoms with E-state index in [-0.39, 0.29) is 5.91 Å². The van der Waals surface area contributed by atoms with Gasteiger partial charge in [-0.1, -0.05) is 32.1 Å². The third-order valence-corrected chi connectivity index (χ3v) is 2.11. The van der Waals surface area contributed by atoms with E-state index >= 15 is 0 Å². The van der Waals surface area contributed by atoms with Crippen LogP contribution in [0.4, 0.5) is 0 Å². The van der Waals surface area contributed by atoms with Crippen LogP contribution in [0.15, 0.2) is 36.1 Å². The van der Waals surface area contributed by atoms with Gasteiger partial charge in [-0.15, -0.1) is 0 Å².